The number of aromatic nitrogens is 4. The Morgan fingerprint density at radius 1 is 1.21 bits per heavy atom. The van der Waals surface area contributed by atoms with Crippen molar-refractivity contribution in [3.05, 3.63) is 30.2 Å². The molecule has 2 fully saturated rings. The van der Waals surface area contributed by atoms with Crippen LogP contribution in [0.25, 0.3) is 22.0 Å². The number of aryl methyl sites for hydroxylation is 2. The normalized spacial score (nSPS) is 20.8. The third-order valence-corrected chi connectivity index (χ3v) is 6.30. The van der Waals surface area contributed by atoms with Crippen LogP contribution in [0.4, 0.5) is 0 Å². The van der Waals surface area contributed by atoms with Gasteiger partial charge in [0.15, 0.2) is 0 Å². The van der Waals surface area contributed by atoms with Gasteiger partial charge in [0.1, 0.15) is 11.5 Å². The first-order chi connectivity index (χ1) is 13.5. The number of carbonyl (C=O) groups excluding carboxylic acids is 1. The van der Waals surface area contributed by atoms with Crippen LogP contribution in [0.2, 0.25) is 0 Å². The Hall–Kier alpha value is -2.63. The summed E-state index contributed by atoms with van der Waals surface area (Å²) in [6.07, 6.45) is 8.71. The minimum atomic E-state index is -0.00121. The average molecular weight is 378 g/mol. The number of hydrogen-bond acceptors (Lipinski definition) is 4. The molecule has 2 saturated carbocycles. The summed E-state index contributed by atoms with van der Waals surface area (Å²) in [5.41, 5.74) is 4.18. The second-order valence-electron chi connectivity index (χ2n) is 8.38. The molecule has 0 saturated heterocycles. The van der Waals surface area contributed by atoms with Gasteiger partial charge in [-0.1, -0.05) is 0 Å². The van der Waals surface area contributed by atoms with E-state index < -0.39 is 0 Å². The molecule has 28 heavy (non-hydrogen) atoms. The largest absolute Gasteiger partial charge is 0.490 e. The molecular weight excluding hydrogens is 352 g/mol. The van der Waals surface area contributed by atoms with E-state index in [-0.39, 0.29) is 6.10 Å². The van der Waals surface area contributed by atoms with Crippen molar-refractivity contribution < 1.29 is 9.53 Å². The van der Waals surface area contributed by atoms with Crippen LogP contribution in [0, 0.1) is 12.8 Å². The molecule has 2 aromatic heterocycles. The highest BCUT2D eigenvalue weighted by molar-refractivity contribution is 5.92. The lowest BCUT2D eigenvalue weighted by molar-refractivity contribution is -0.117. The van der Waals surface area contributed by atoms with Crippen molar-refractivity contribution in [3.8, 4) is 16.9 Å². The SMILES string of the molecule is Cc1c2c(O[C@H](C)[C@H]3CCC(=O)C3)cc(-c3cnn(C4CC4)c3)cc2nn1C. The highest BCUT2D eigenvalue weighted by Crippen LogP contribution is 2.38. The minimum Gasteiger partial charge on any atom is -0.490 e. The lowest BCUT2D eigenvalue weighted by Gasteiger charge is -2.21. The van der Waals surface area contributed by atoms with Gasteiger partial charge in [-0.25, -0.2) is 0 Å². The number of Topliss-reactive ketones (excluding diaryl/α,β-unsaturated/α-hetero) is 1. The van der Waals surface area contributed by atoms with Gasteiger partial charge in [-0.15, -0.1) is 0 Å². The van der Waals surface area contributed by atoms with E-state index in [2.05, 4.69) is 47.1 Å². The van der Waals surface area contributed by atoms with Crippen molar-refractivity contribution in [1.82, 2.24) is 19.6 Å². The van der Waals surface area contributed by atoms with Crippen molar-refractivity contribution >= 4 is 16.7 Å². The van der Waals surface area contributed by atoms with E-state index in [1.807, 2.05) is 17.9 Å². The number of nitrogens with zero attached hydrogens (tertiary/aromatic N) is 4. The molecule has 6 nitrogen and oxygen atoms in total. The van der Waals surface area contributed by atoms with Crippen LogP contribution >= 0.6 is 0 Å². The van der Waals surface area contributed by atoms with Crippen molar-refractivity contribution in [1.29, 1.82) is 0 Å². The Bertz CT molecular complexity index is 1060. The highest BCUT2D eigenvalue weighted by Gasteiger charge is 2.29. The molecule has 0 bridgehead atoms. The molecule has 2 aliphatic carbocycles. The zero-order valence-corrected chi connectivity index (χ0v) is 16.7. The van der Waals surface area contributed by atoms with E-state index in [1.54, 1.807) is 0 Å². The van der Waals surface area contributed by atoms with E-state index in [9.17, 15) is 4.79 Å². The van der Waals surface area contributed by atoms with E-state index in [1.165, 1.54) is 12.8 Å². The number of ether oxygens (including phenoxy) is 1. The zero-order valence-electron chi connectivity index (χ0n) is 16.7. The molecule has 0 amide bonds. The summed E-state index contributed by atoms with van der Waals surface area (Å²) in [5, 5.41) is 10.3. The van der Waals surface area contributed by atoms with Gasteiger partial charge in [0.2, 0.25) is 0 Å². The summed E-state index contributed by atoms with van der Waals surface area (Å²) in [4.78, 5) is 11.7. The molecule has 2 aliphatic rings. The number of fused-ring (bicyclic) bond motifs is 1. The van der Waals surface area contributed by atoms with Gasteiger partial charge < -0.3 is 4.74 Å². The smallest absolute Gasteiger partial charge is 0.133 e. The second-order valence-corrected chi connectivity index (χ2v) is 8.38. The van der Waals surface area contributed by atoms with Crippen LogP contribution in [0.3, 0.4) is 0 Å². The number of rotatable bonds is 5. The fourth-order valence-corrected chi connectivity index (χ4v) is 4.27. The Kier molecular flexibility index (Phi) is 4.03. The van der Waals surface area contributed by atoms with Crippen LogP contribution in [-0.2, 0) is 11.8 Å². The van der Waals surface area contributed by atoms with Crippen LogP contribution in [0.5, 0.6) is 5.75 Å². The Morgan fingerprint density at radius 2 is 2.04 bits per heavy atom. The van der Waals surface area contributed by atoms with Gasteiger partial charge in [-0.3, -0.25) is 14.2 Å². The van der Waals surface area contributed by atoms with Crippen LogP contribution < -0.4 is 4.74 Å². The lowest BCUT2D eigenvalue weighted by atomic mass is 10.0. The monoisotopic (exact) mass is 378 g/mol. The van der Waals surface area contributed by atoms with Gasteiger partial charge in [0.25, 0.3) is 0 Å². The molecule has 0 aliphatic heterocycles. The lowest BCUT2D eigenvalue weighted by Crippen LogP contribution is -2.22. The van der Waals surface area contributed by atoms with Crippen molar-refractivity contribution in [2.75, 3.05) is 0 Å². The molecule has 3 aromatic rings. The highest BCUT2D eigenvalue weighted by atomic mass is 16.5. The summed E-state index contributed by atoms with van der Waals surface area (Å²) in [5.74, 6) is 1.49. The first kappa shape index (κ1) is 17.5. The van der Waals surface area contributed by atoms with Crippen LogP contribution in [-0.4, -0.2) is 31.4 Å². The molecule has 5 rings (SSSR count). The maximum Gasteiger partial charge on any atom is 0.133 e. The summed E-state index contributed by atoms with van der Waals surface area (Å²) in [7, 11) is 1.96. The Labute approximate surface area is 164 Å². The van der Waals surface area contributed by atoms with Crippen molar-refractivity contribution in [2.24, 2.45) is 13.0 Å². The number of hydrogen-bond donors (Lipinski definition) is 0. The maximum atomic E-state index is 11.7. The molecule has 0 spiro atoms. The average Bonchev–Trinajstić information content (AvgIpc) is 3.09. The number of carbonyl (C=O) groups is 1. The fourth-order valence-electron chi connectivity index (χ4n) is 4.27. The fraction of sp³-hybridized carbons (Fsp3) is 0.500. The Balaban J connectivity index is 1.54. The van der Waals surface area contributed by atoms with Gasteiger partial charge in [-0.2, -0.15) is 10.2 Å². The Morgan fingerprint density at radius 3 is 2.75 bits per heavy atom. The molecule has 1 aromatic carbocycles. The van der Waals surface area contributed by atoms with E-state index >= 15 is 0 Å². The molecule has 2 atom stereocenters. The van der Waals surface area contributed by atoms with E-state index in [4.69, 9.17) is 4.74 Å². The first-order valence-electron chi connectivity index (χ1n) is 10.2. The zero-order chi connectivity index (χ0) is 19.4. The maximum absolute atomic E-state index is 11.7. The molecule has 6 heteroatoms. The predicted octanol–water partition coefficient (Wildman–Crippen LogP) is 4.22. The van der Waals surface area contributed by atoms with Gasteiger partial charge >= 0.3 is 0 Å². The van der Waals surface area contributed by atoms with Gasteiger partial charge in [0, 0.05) is 43.3 Å². The van der Waals surface area contributed by atoms with Crippen LogP contribution in [0.1, 0.15) is 50.8 Å². The third-order valence-electron chi connectivity index (χ3n) is 6.30. The summed E-state index contributed by atoms with van der Waals surface area (Å²) in [6.45, 7) is 4.15. The quantitative estimate of drug-likeness (QED) is 0.667. The van der Waals surface area contributed by atoms with Crippen LogP contribution in [0.15, 0.2) is 24.5 Å². The minimum absolute atomic E-state index is 0.00121. The van der Waals surface area contributed by atoms with Crippen molar-refractivity contribution in [2.45, 2.75) is 58.1 Å². The summed E-state index contributed by atoms with van der Waals surface area (Å²) < 4.78 is 10.4. The van der Waals surface area contributed by atoms with E-state index in [0.717, 1.165) is 39.9 Å². The van der Waals surface area contributed by atoms with Gasteiger partial charge in [0.05, 0.1) is 29.2 Å². The molecular formula is C22H26N4O2. The van der Waals surface area contributed by atoms with Gasteiger partial charge in [-0.05, 0) is 50.8 Å². The summed E-state index contributed by atoms with van der Waals surface area (Å²) in [6, 6.07) is 4.79. The molecule has 2 heterocycles. The summed E-state index contributed by atoms with van der Waals surface area (Å²) >= 11 is 0. The number of benzene rings is 1. The predicted molar refractivity (Wildman–Crippen MR) is 107 cm³/mol. The standard InChI is InChI=1S/C22H26N4O2/c1-13-22-20(24-25(13)3)9-16(17-11-23-26(12-17)18-5-6-18)10-21(22)28-14(2)15-4-7-19(27)8-15/h9-12,14-15,18H,4-8H2,1-3H3/t14-,15+/m1/s1. The second kappa shape index (κ2) is 6.47. The topological polar surface area (TPSA) is 61.9 Å². The van der Waals surface area contributed by atoms with Crippen molar-refractivity contribution in [3.63, 3.8) is 0 Å². The first-order valence-corrected chi connectivity index (χ1v) is 10.2. The molecule has 146 valence electrons. The molecule has 0 unspecified atom stereocenters. The third kappa shape index (κ3) is 3.01. The molecule has 0 N–H and O–H groups in total. The molecule has 0 radical (unpaired) electrons. The van der Waals surface area contributed by atoms with E-state index in [0.29, 0.717) is 30.6 Å². The number of ketones is 1.